The minimum atomic E-state index is 0. The number of likely N-dealkylation sites (tertiary alicyclic amines) is 2. The van der Waals surface area contributed by atoms with Gasteiger partial charge in [0.05, 0.1) is 6.54 Å². The molecule has 0 amide bonds. The molecule has 0 aliphatic carbocycles. The van der Waals surface area contributed by atoms with Gasteiger partial charge in [-0.25, -0.2) is 0 Å². The molecule has 2 aliphatic rings. The van der Waals surface area contributed by atoms with Gasteiger partial charge in [-0.2, -0.15) is 0 Å². The maximum Gasteiger partial charge on any atom is 0.188 e. The minimum Gasteiger partial charge on any atom is -0.370 e. The molecular weight excluding hydrogens is 415 g/mol. The standard InChI is InChI=1S/C17H36N6.HI/c1-4-23-10-5-6-16(23)14-20-17(18)19-9-13-22-11-7-15(8-12-22)21(2)3;/h15-16H,4-14H2,1-3H3,(H3,18,19,20);1H. The fourth-order valence-corrected chi connectivity index (χ4v) is 3.78. The van der Waals surface area contributed by atoms with Gasteiger partial charge in [0.15, 0.2) is 5.96 Å². The average molecular weight is 452 g/mol. The summed E-state index contributed by atoms with van der Waals surface area (Å²) in [6.45, 7) is 9.72. The SMILES string of the molecule is CCN1CCCC1CN=C(N)NCCN1CCC(N(C)C)CC1.I. The van der Waals surface area contributed by atoms with Gasteiger partial charge in [-0.1, -0.05) is 6.92 Å². The van der Waals surface area contributed by atoms with Crippen LogP contribution in [0.2, 0.25) is 0 Å². The molecule has 6 nitrogen and oxygen atoms in total. The van der Waals surface area contributed by atoms with Crippen molar-refractivity contribution in [3.8, 4) is 0 Å². The Hall–Kier alpha value is -0.120. The molecule has 7 heteroatoms. The van der Waals surface area contributed by atoms with Crippen molar-refractivity contribution in [3.05, 3.63) is 0 Å². The second kappa shape index (κ2) is 11.5. The Labute approximate surface area is 165 Å². The lowest BCUT2D eigenvalue weighted by atomic mass is 10.0. The molecule has 2 fully saturated rings. The fraction of sp³-hybridized carbons (Fsp3) is 0.941. The van der Waals surface area contributed by atoms with Crippen LogP contribution in [0.15, 0.2) is 4.99 Å². The van der Waals surface area contributed by atoms with Crippen LogP contribution >= 0.6 is 24.0 Å². The van der Waals surface area contributed by atoms with Gasteiger partial charge in [0, 0.05) is 25.2 Å². The van der Waals surface area contributed by atoms with E-state index in [1.165, 1.54) is 45.3 Å². The Kier molecular flexibility index (Phi) is 10.5. The number of rotatable bonds is 7. The van der Waals surface area contributed by atoms with Crippen LogP contribution < -0.4 is 11.1 Å². The first-order chi connectivity index (χ1) is 11.1. The molecule has 2 saturated heterocycles. The minimum absolute atomic E-state index is 0. The number of hydrogen-bond donors (Lipinski definition) is 2. The molecule has 2 heterocycles. The number of guanidine groups is 1. The first-order valence-electron chi connectivity index (χ1n) is 9.26. The van der Waals surface area contributed by atoms with Gasteiger partial charge in [0.1, 0.15) is 0 Å². The van der Waals surface area contributed by atoms with E-state index in [0.29, 0.717) is 12.0 Å². The predicted octanol–water partition coefficient (Wildman–Crippen LogP) is 1.02. The number of halogens is 1. The van der Waals surface area contributed by atoms with Gasteiger partial charge in [-0.3, -0.25) is 9.89 Å². The van der Waals surface area contributed by atoms with Gasteiger partial charge in [0.2, 0.25) is 0 Å². The van der Waals surface area contributed by atoms with E-state index in [0.717, 1.165) is 32.2 Å². The van der Waals surface area contributed by atoms with Crippen LogP contribution in [-0.2, 0) is 0 Å². The van der Waals surface area contributed by atoms with Crippen LogP contribution in [-0.4, -0.2) is 92.7 Å². The zero-order valence-corrected chi connectivity index (χ0v) is 18.0. The van der Waals surface area contributed by atoms with Crippen molar-refractivity contribution in [3.63, 3.8) is 0 Å². The van der Waals surface area contributed by atoms with Crippen LogP contribution in [0, 0.1) is 0 Å². The second-order valence-corrected chi connectivity index (χ2v) is 7.11. The van der Waals surface area contributed by atoms with E-state index in [2.05, 4.69) is 46.0 Å². The van der Waals surface area contributed by atoms with Crippen molar-refractivity contribution in [1.29, 1.82) is 0 Å². The summed E-state index contributed by atoms with van der Waals surface area (Å²) in [5.41, 5.74) is 6.01. The quantitative estimate of drug-likeness (QED) is 0.343. The number of nitrogens with two attached hydrogens (primary N) is 1. The largest absolute Gasteiger partial charge is 0.370 e. The Bertz CT molecular complexity index is 368. The number of likely N-dealkylation sites (N-methyl/N-ethyl adjacent to an activating group) is 1. The molecule has 0 bridgehead atoms. The van der Waals surface area contributed by atoms with Crippen molar-refractivity contribution >= 4 is 29.9 Å². The lowest BCUT2D eigenvalue weighted by Crippen LogP contribution is -2.45. The van der Waals surface area contributed by atoms with Gasteiger partial charge >= 0.3 is 0 Å². The van der Waals surface area contributed by atoms with E-state index < -0.39 is 0 Å². The van der Waals surface area contributed by atoms with Crippen LogP contribution in [0.25, 0.3) is 0 Å². The molecule has 3 N–H and O–H groups in total. The lowest BCUT2D eigenvalue weighted by molar-refractivity contribution is 0.147. The second-order valence-electron chi connectivity index (χ2n) is 7.11. The van der Waals surface area contributed by atoms with E-state index in [9.17, 15) is 0 Å². The summed E-state index contributed by atoms with van der Waals surface area (Å²) in [6, 6.07) is 1.34. The molecule has 0 aromatic heterocycles. The van der Waals surface area contributed by atoms with Gasteiger partial charge in [-0.05, 0) is 66.0 Å². The number of piperidine rings is 1. The zero-order valence-electron chi connectivity index (χ0n) is 15.7. The molecule has 1 atom stereocenters. The maximum atomic E-state index is 6.01. The Morgan fingerprint density at radius 1 is 1.21 bits per heavy atom. The highest BCUT2D eigenvalue weighted by Crippen LogP contribution is 2.16. The van der Waals surface area contributed by atoms with Crippen LogP contribution in [0.1, 0.15) is 32.6 Å². The maximum absolute atomic E-state index is 6.01. The van der Waals surface area contributed by atoms with E-state index in [1.807, 2.05) is 0 Å². The first kappa shape index (κ1) is 21.9. The summed E-state index contributed by atoms with van der Waals surface area (Å²) in [6.07, 6.45) is 5.09. The molecule has 0 spiro atoms. The number of nitrogens with zero attached hydrogens (tertiary/aromatic N) is 4. The Balaban J connectivity index is 0.00000288. The summed E-state index contributed by atoms with van der Waals surface area (Å²) in [4.78, 5) is 11.9. The highest BCUT2D eigenvalue weighted by atomic mass is 127. The Morgan fingerprint density at radius 3 is 2.54 bits per heavy atom. The molecule has 1 unspecified atom stereocenters. The lowest BCUT2D eigenvalue weighted by Gasteiger charge is -2.35. The molecule has 2 aliphatic heterocycles. The third-order valence-electron chi connectivity index (χ3n) is 5.40. The molecule has 2 rings (SSSR count). The molecule has 24 heavy (non-hydrogen) atoms. The highest BCUT2D eigenvalue weighted by Gasteiger charge is 2.22. The summed E-state index contributed by atoms with van der Waals surface area (Å²) >= 11 is 0. The molecular formula is C17H37IN6. The zero-order chi connectivity index (χ0) is 16.7. The van der Waals surface area contributed by atoms with Crippen LogP contribution in [0.5, 0.6) is 0 Å². The first-order valence-corrected chi connectivity index (χ1v) is 9.26. The molecule has 0 radical (unpaired) electrons. The fourth-order valence-electron chi connectivity index (χ4n) is 3.78. The molecule has 142 valence electrons. The van der Waals surface area contributed by atoms with Crippen LogP contribution in [0.3, 0.4) is 0 Å². The number of aliphatic imine (C=N–C) groups is 1. The summed E-state index contributed by atoms with van der Waals surface area (Å²) < 4.78 is 0. The normalized spacial score (nSPS) is 24.3. The van der Waals surface area contributed by atoms with Crippen molar-refractivity contribution in [2.45, 2.75) is 44.7 Å². The summed E-state index contributed by atoms with van der Waals surface area (Å²) in [7, 11) is 4.37. The predicted molar refractivity (Wildman–Crippen MR) is 113 cm³/mol. The molecule has 0 aromatic rings. The van der Waals surface area contributed by atoms with Gasteiger partial charge in [-0.15, -0.1) is 24.0 Å². The number of hydrogen-bond acceptors (Lipinski definition) is 4. The van der Waals surface area contributed by atoms with E-state index in [-0.39, 0.29) is 24.0 Å². The third kappa shape index (κ3) is 7.01. The third-order valence-corrected chi connectivity index (χ3v) is 5.40. The summed E-state index contributed by atoms with van der Waals surface area (Å²) in [5.74, 6) is 0.608. The van der Waals surface area contributed by atoms with E-state index in [4.69, 9.17) is 5.73 Å². The Morgan fingerprint density at radius 2 is 1.92 bits per heavy atom. The van der Waals surface area contributed by atoms with E-state index in [1.54, 1.807) is 0 Å². The van der Waals surface area contributed by atoms with Gasteiger partial charge in [0.25, 0.3) is 0 Å². The van der Waals surface area contributed by atoms with Crippen molar-refractivity contribution in [2.24, 2.45) is 10.7 Å². The highest BCUT2D eigenvalue weighted by molar-refractivity contribution is 14.0. The number of nitrogens with one attached hydrogen (secondary N) is 1. The topological polar surface area (TPSA) is 60.1 Å². The summed E-state index contributed by atoms with van der Waals surface area (Å²) in [5, 5.41) is 3.28. The van der Waals surface area contributed by atoms with Crippen molar-refractivity contribution < 1.29 is 0 Å². The van der Waals surface area contributed by atoms with Crippen LogP contribution in [0.4, 0.5) is 0 Å². The molecule has 0 aromatic carbocycles. The van der Waals surface area contributed by atoms with Gasteiger partial charge < -0.3 is 20.9 Å². The smallest absolute Gasteiger partial charge is 0.188 e. The monoisotopic (exact) mass is 452 g/mol. The van der Waals surface area contributed by atoms with Crippen molar-refractivity contribution in [1.82, 2.24) is 20.0 Å². The van der Waals surface area contributed by atoms with Crippen molar-refractivity contribution in [2.75, 3.05) is 59.9 Å². The average Bonchev–Trinajstić information content (AvgIpc) is 3.01. The van der Waals surface area contributed by atoms with E-state index >= 15 is 0 Å². The molecule has 0 saturated carbocycles.